The average Bonchev–Trinajstić information content (AvgIpc) is 2.48. The fraction of sp³-hybridized carbons (Fsp3) is 0.667. The van der Waals surface area contributed by atoms with Crippen LogP contribution in [0.15, 0.2) is 24.3 Å². The predicted molar refractivity (Wildman–Crippen MR) is 86.9 cm³/mol. The Kier molecular flexibility index (Phi) is 6.07. The Hall–Kier alpha value is -1.06. The van der Waals surface area contributed by atoms with Gasteiger partial charge in [0.2, 0.25) is 0 Å². The first-order valence-electron chi connectivity index (χ1n) is 8.27. The molecule has 2 rings (SSSR count). The second-order valence-corrected chi connectivity index (χ2v) is 5.90. The topological polar surface area (TPSA) is 30.5 Å². The molecular formula is C18H29NO2. The first-order valence-corrected chi connectivity index (χ1v) is 8.27. The Morgan fingerprint density at radius 1 is 1.19 bits per heavy atom. The van der Waals surface area contributed by atoms with Gasteiger partial charge in [0.1, 0.15) is 5.75 Å². The highest BCUT2D eigenvalue weighted by atomic mass is 16.5. The number of methoxy groups -OCH3 is 1. The highest BCUT2D eigenvalue weighted by molar-refractivity contribution is 5.38. The molecular weight excluding hydrogens is 262 g/mol. The predicted octanol–water partition coefficient (Wildman–Crippen LogP) is 4.09. The highest BCUT2D eigenvalue weighted by Gasteiger charge is 2.45. The third kappa shape index (κ3) is 3.58. The molecule has 1 atom stereocenters. The van der Waals surface area contributed by atoms with Crippen molar-refractivity contribution in [3.05, 3.63) is 29.8 Å². The van der Waals surface area contributed by atoms with Gasteiger partial charge in [-0.1, -0.05) is 32.0 Å². The van der Waals surface area contributed by atoms with Gasteiger partial charge in [-0.15, -0.1) is 0 Å². The summed E-state index contributed by atoms with van der Waals surface area (Å²) < 4.78 is 11.9. The van der Waals surface area contributed by atoms with Crippen LogP contribution in [-0.4, -0.2) is 25.9 Å². The summed E-state index contributed by atoms with van der Waals surface area (Å²) in [5, 5.41) is 3.69. The van der Waals surface area contributed by atoms with Crippen LogP contribution in [0.1, 0.15) is 57.6 Å². The number of rotatable bonds is 9. The lowest BCUT2D eigenvalue weighted by Crippen LogP contribution is -2.50. The van der Waals surface area contributed by atoms with Gasteiger partial charge in [0, 0.05) is 12.7 Å². The van der Waals surface area contributed by atoms with Gasteiger partial charge in [-0.05, 0) is 44.7 Å². The van der Waals surface area contributed by atoms with Gasteiger partial charge in [0.25, 0.3) is 0 Å². The molecule has 0 spiro atoms. The van der Waals surface area contributed by atoms with E-state index in [2.05, 4.69) is 37.4 Å². The van der Waals surface area contributed by atoms with E-state index in [1.807, 2.05) is 13.2 Å². The van der Waals surface area contributed by atoms with Crippen LogP contribution in [0.2, 0.25) is 0 Å². The molecule has 0 aromatic heterocycles. The molecule has 0 saturated heterocycles. The molecule has 1 aromatic rings. The van der Waals surface area contributed by atoms with Crippen molar-refractivity contribution in [2.24, 2.45) is 0 Å². The molecule has 118 valence electrons. The zero-order valence-corrected chi connectivity index (χ0v) is 13.7. The largest absolute Gasteiger partial charge is 0.493 e. The molecule has 1 aliphatic rings. The van der Waals surface area contributed by atoms with E-state index in [0.717, 1.165) is 44.6 Å². The average molecular weight is 291 g/mol. The van der Waals surface area contributed by atoms with E-state index in [1.165, 1.54) is 12.0 Å². The van der Waals surface area contributed by atoms with E-state index in [-0.39, 0.29) is 11.6 Å². The third-order valence-corrected chi connectivity index (χ3v) is 4.42. The molecule has 1 N–H and O–H groups in total. The number of para-hydroxylation sites is 1. The first-order chi connectivity index (χ1) is 10.3. The maximum atomic E-state index is 5.96. The summed E-state index contributed by atoms with van der Waals surface area (Å²) in [6, 6.07) is 8.61. The molecule has 0 bridgehead atoms. The molecule has 1 aromatic carbocycles. The smallest absolute Gasteiger partial charge is 0.124 e. The number of benzene rings is 1. The van der Waals surface area contributed by atoms with Crippen LogP contribution in [0.4, 0.5) is 0 Å². The van der Waals surface area contributed by atoms with Gasteiger partial charge < -0.3 is 14.8 Å². The quantitative estimate of drug-likeness (QED) is 0.743. The van der Waals surface area contributed by atoms with Gasteiger partial charge >= 0.3 is 0 Å². The molecule has 1 fully saturated rings. The Balaban J connectivity index is 2.27. The molecule has 21 heavy (non-hydrogen) atoms. The Morgan fingerprint density at radius 2 is 1.95 bits per heavy atom. The second kappa shape index (κ2) is 7.81. The molecule has 0 radical (unpaired) electrons. The highest BCUT2D eigenvalue weighted by Crippen LogP contribution is 2.46. The summed E-state index contributed by atoms with van der Waals surface area (Å²) in [5.41, 5.74) is 1.17. The van der Waals surface area contributed by atoms with Gasteiger partial charge in [0.15, 0.2) is 0 Å². The summed E-state index contributed by atoms with van der Waals surface area (Å²) in [6.45, 7) is 6.09. The van der Waals surface area contributed by atoms with Crippen molar-refractivity contribution in [2.75, 3.05) is 20.3 Å². The van der Waals surface area contributed by atoms with Crippen LogP contribution in [0.25, 0.3) is 0 Å². The lowest BCUT2D eigenvalue weighted by Gasteiger charge is -2.47. The number of hydrogen-bond acceptors (Lipinski definition) is 3. The minimum absolute atomic E-state index is 0.0686. The fourth-order valence-electron chi connectivity index (χ4n) is 3.07. The van der Waals surface area contributed by atoms with Crippen molar-refractivity contribution in [2.45, 2.75) is 57.6 Å². The van der Waals surface area contributed by atoms with Crippen molar-refractivity contribution in [1.82, 2.24) is 5.32 Å². The maximum Gasteiger partial charge on any atom is 0.124 e. The van der Waals surface area contributed by atoms with Gasteiger partial charge in [-0.2, -0.15) is 0 Å². The van der Waals surface area contributed by atoms with Crippen LogP contribution in [-0.2, 0) is 4.74 Å². The first kappa shape index (κ1) is 16.3. The van der Waals surface area contributed by atoms with E-state index in [1.54, 1.807) is 0 Å². The molecule has 0 heterocycles. The number of nitrogens with one attached hydrogen (secondary N) is 1. The van der Waals surface area contributed by atoms with Gasteiger partial charge in [-0.25, -0.2) is 0 Å². The monoisotopic (exact) mass is 291 g/mol. The Bertz CT molecular complexity index is 423. The van der Waals surface area contributed by atoms with E-state index in [9.17, 15) is 0 Å². The van der Waals surface area contributed by atoms with E-state index < -0.39 is 0 Å². The summed E-state index contributed by atoms with van der Waals surface area (Å²) in [6.07, 6.45) is 5.63. The van der Waals surface area contributed by atoms with Crippen molar-refractivity contribution in [1.29, 1.82) is 0 Å². The summed E-state index contributed by atoms with van der Waals surface area (Å²) in [7, 11) is 1.84. The lowest BCUT2D eigenvalue weighted by atomic mass is 9.72. The zero-order chi connectivity index (χ0) is 15.1. The van der Waals surface area contributed by atoms with Crippen LogP contribution < -0.4 is 10.1 Å². The SMILES string of the molecule is CCCNC(c1ccccc1OCCC)C1(OC)CCC1. The van der Waals surface area contributed by atoms with Crippen molar-refractivity contribution >= 4 is 0 Å². The Labute approximate surface area is 129 Å². The molecule has 1 saturated carbocycles. The fourth-order valence-corrected chi connectivity index (χ4v) is 3.07. The summed E-state index contributed by atoms with van der Waals surface area (Å²) >= 11 is 0. The van der Waals surface area contributed by atoms with Crippen molar-refractivity contribution < 1.29 is 9.47 Å². The molecule has 0 aliphatic heterocycles. The lowest BCUT2D eigenvalue weighted by molar-refractivity contribution is -0.100. The molecule has 3 nitrogen and oxygen atoms in total. The van der Waals surface area contributed by atoms with Crippen molar-refractivity contribution in [3.63, 3.8) is 0 Å². The Morgan fingerprint density at radius 3 is 2.52 bits per heavy atom. The number of hydrogen-bond donors (Lipinski definition) is 1. The zero-order valence-electron chi connectivity index (χ0n) is 13.7. The normalized spacial score (nSPS) is 18.0. The van der Waals surface area contributed by atoms with E-state index >= 15 is 0 Å². The van der Waals surface area contributed by atoms with Gasteiger partial charge in [0.05, 0.1) is 18.2 Å². The molecule has 1 unspecified atom stereocenters. The number of ether oxygens (including phenoxy) is 2. The molecule has 1 aliphatic carbocycles. The van der Waals surface area contributed by atoms with Crippen LogP contribution in [0.3, 0.4) is 0 Å². The molecule has 3 heteroatoms. The molecule has 0 amide bonds. The van der Waals surface area contributed by atoms with Crippen LogP contribution in [0.5, 0.6) is 5.75 Å². The van der Waals surface area contributed by atoms with Gasteiger partial charge in [-0.3, -0.25) is 0 Å². The van der Waals surface area contributed by atoms with Crippen LogP contribution in [0, 0.1) is 0 Å². The minimum Gasteiger partial charge on any atom is -0.493 e. The van der Waals surface area contributed by atoms with E-state index in [0.29, 0.717) is 0 Å². The second-order valence-electron chi connectivity index (χ2n) is 5.90. The minimum atomic E-state index is -0.0686. The standard InChI is InChI=1S/C18H29NO2/c1-4-13-19-17(18(20-3)11-8-12-18)15-9-6-7-10-16(15)21-14-5-2/h6-7,9-10,17,19H,4-5,8,11-14H2,1-3H3. The summed E-state index contributed by atoms with van der Waals surface area (Å²) in [5.74, 6) is 0.997. The maximum absolute atomic E-state index is 5.96. The third-order valence-electron chi connectivity index (χ3n) is 4.42. The summed E-state index contributed by atoms with van der Waals surface area (Å²) in [4.78, 5) is 0. The van der Waals surface area contributed by atoms with E-state index in [4.69, 9.17) is 9.47 Å². The van der Waals surface area contributed by atoms with Crippen molar-refractivity contribution in [3.8, 4) is 5.75 Å². The van der Waals surface area contributed by atoms with Crippen LogP contribution >= 0.6 is 0 Å².